The number of rotatable bonds is 3. The van der Waals surface area contributed by atoms with Crippen molar-refractivity contribution in [1.82, 2.24) is 0 Å². The number of hydrogen-bond acceptors (Lipinski definition) is 1. The summed E-state index contributed by atoms with van der Waals surface area (Å²) in [4.78, 5) is 0. The van der Waals surface area contributed by atoms with Crippen LogP contribution in [0.1, 0.15) is 18.5 Å². The molecule has 2 rings (SSSR count). The molecule has 1 N–H and O–H groups in total. The topological polar surface area (TPSA) is 12.0 Å². The maximum Gasteiger partial charge on any atom is 0.124 e. The molecule has 1 nitrogen and oxygen atoms in total. The standard InChI is InChI=1S/C14H11Br2ClFN/c1-8(11-4-3-10(18)7-13(11)17)19-14-5-2-9(15)6-12(14)16/h2-8,19H,1H3. The van der Waals surface area contributed by atoms with Crippen LogP contribution in [0.4, 0.5) is 10.1 Å². The molecule has 19 heavy (non-hydrogen) atoms. The molecule has 0 radical (unpaired) electrons. The zero-order valence-electron chi connectivity index (χ0n) is 10.1. The average Bonchev–Trinajstić information content (AvgIpc) is 2.32. The summed E-state index contributed by atoms with van der Waals surface area (Å²) in [7, 11) is 0. The van der Waals surface area contributed by atoms with Gasteiger partial charge in [0.05, 0.1) is 6.04 Å². The highest BCUT2D eigenvalue weighted by Gasteiger charge is 2.11. The summed E-state index contributed by atoms with van der Waals surface area (Å²) in [5.74, 6) is -0.328. The van der Waals surface area contributed by atoms with Crippen molar-refractivity contribution < 1.29 is 4.39 Å². The van der Waals surface area contributed by atoms with Crippen LogP contribution < -0.4 is 5.32 Å². The van der Waals surface area contributed by atoms with Crippen molar-refractivity contribution in [3.8, 4) is 0 Å². The van der Waals surface area contributed by atoms with Gasteiger partial charge in [-0.15, -0.1) is 0 Å². The van der Waals surface area contributed by atoms with Gasteiger partial charge >= 0.3 is 0 Å². The van der Waals surface area contributed by atoms with Crippen molar-refractivity contribution in [2.75, 3.05) is 5.32 Å². The Hall–Kier alpha value is -0.580. The molecule has 1 atom stereocenters. The monoisotopic (exact) mass is 405 g/mol. The average molecular weight is 408 g/mol. The zero-order valence-corrected chi connectivity index (χ0v) is 14.0. The Morgan fingerprint density at radius 3 is 2.53 bits per heavy atom. The number of halogens is 4. The van der Waals surface area contributed by atoms with Crippen LogP contribution in [0.5, 0.6) is 0 Å². The minimum atomic E-state index is -0.328. The number of nitrogens with one attached hydrogen (secondary N) is 1. The summed E-state index contributed by atoms with van der Waals surface area (Å²) in [6.45, 7) is 1.98. The van der Waals surface area contributed by atoms with Gasteiger partial charge in [0.15, 0.2) is 0 Å². The Labute approximate surface area is 133 Å². The van der Waals surface area contributed by atoms with Gasteiger partial charge in [0.2, 0.25) is 0 Å². The van der Waals surface area contributed by atoms with E-state index in [1.807, 2.05) is 25.1 Å². The molecule has 0 bridgehead atoms. The quantitative estimate of drug-likeness (QED) is 0.641. The lowest BCUT2D eigenvalue weighted by molar-refractivity contribution is 0.626. The molecule has 0 aliphatic heterocycles. The van der Waals surface area contributed by atoms with Gasteiger partial charge in [-0.25, -0.2) is 4.39 Å². The van der Waals surface area contributed by atoms with Crippen molar-refractivity contribution in [2.45, 2.75) is 13.0 Å². The molecular formula is C14H11Br2ClFN. The van der Waals surface area contributed by atoms with Gasteiger partial charge in [0.25, 0.3) is 0 Å². The molecule has 0 amide bonds. The number of benzene rings is 2. The van der Waals surface area contributed by atoms with Crippen LogP contribution in [0.2, 0.25) is 5.02 Å². The molecule has 5 heteroatoms. The van der Waals surface area contributed by atoms with E-state index < -0.39 is 0 Å². The van der Waals surface area contributed by atoms with E-state index in [4.69, 9.17) is 11.6 Å². The molecule has 0 spiro atoms. The van der Waals surface area contributed by atoms with Gasteiger partial charge < -0.3 is 5.32 Å². The minimum Gasteiger partial charge on any atom is -0.378 e. The largest absolute Gasteiger partial charge is 0.378 e. The van der Waals surface area contributed by atoms with E-state index in [1.165, 1.54) is 12.1 Å². The van der Waals surface area contributed by atoms with Crippen molar-refractivity contribution in [1.29, 1.82) is 0 Å². The van der Waals surface area contributed by atoms with Crippen molar-refractivity contribution >= 4 is 49.1 Å². The molecule has 2 aromatic carbocycles. The van der Waals surface area contributed by atoms with E-state index >= 15 is 0 Å². The lowest BCUT2D eigenvalue weighted by atomic mass is 10.1. The first kappa shape index (κ1) is 14.8. The second-order valence-electron chi connectivity index (χ2n) is 4.16. The SMILES string of the molecule is CC(Nc1ccc(Br)cc1Br)c1ccc(F)cc1Cl. The van der Waals surface area contributed by atoms with Crippen molar-refractivity contribution in [2.24, 2.45) is 0 Å². The van der Waals surface area contributed by atoms with Crippen molar-refractivity contribution in [3.05, 3.63) is 61.7 Å². The first-order valence-corrected chi connectivity index (χ1v) is 7.60. The molecular weight excluding hydrogens is 396 g/mol. The molecule has 1 unspecified atom stereocenters. The summed E-state index contributed by atoms with van der Waals surface area (Å²) in [6, 6.07) is 10.3. The van der Waals surface area contributed by atoms with Crippen LogP contribution in [-0.4, -0.2) is 0 Å². The third-order valence-corrected chi connectivity index (χ3v) is 4.21. The Morgan fingerprint density at radius 1 is 1.16 bits per heavy atom. The fourth-order valence-electron chi connectivity index (χ4n) is 1.77. The van der Waals surface area contributed by atoms with E-state index in [2.05, 4.69) is 37.2 Å². The van der Waals surface area contributed by atoms with Crippen LogP contribution >= 0.6 is 43.5 Å². The summed E-state index contributed by atoms with van der Waals surface area (Å²) < 4.78 is 15.0. The fourth-order valence-corrected chi connectivity index (χ4v) is 3.26. The Morgan fingerprint density at radius 2 is 1.89 bits per heavy atom. The Bertz CT molecular complexity index is 604. The molecule has 0 aromatic heterocycles. The first-order chi connectivity index (χ1) is 8.97. The molecule has 0 aliphatic rings. The van der Waals surface area contributed by atoms with E-state index in [0.29, 0.717) is 5.02 Å². The highest BCUT2D eigenvalue weighted by atomic mass is 79.9. The predicted octanol–water partition coefficient (Wildman–Crippen LogP) is 6.18. The van der Waals surface area contributed by atoms with Gasteiger partial charge in [-0.05, 0) is 58.7 Å². The summed E-state index contributed by atoms with van der Waals surface area (Å²) in [6.07, 6.45) is 0. The van der Waals surface area contributed by atoms with Crippen molar-refractivity contribution in [3.63, 3.8) is 0 Å². The highest BCUT2D eigenvalue weighted by molar-refractivity contribution is 9.11. The van der Waals surface area contributed by atoms with Crippen LogP contribution in [0.25, 0.3) is 0 Å². The maximum atomic E-state index is 13.0. The smallest absolute Gasteiger partial charge is 0.124 e. The van der Waals surface area contributed by atoms with Crippen LogP contribution in [0.15, 0.2) is 45.3 Å². The molecule has 0 aliphatic carbocycles. The zero-order chi connectivity index (χ0) is 14.0. The second-order valence-corrected chi connectivity index (χ2v) is 6.33. The first-order valence-electron chi connectivity index (χ1n) is 5.64. The van der Waals surface area contributed by atoms with Gasteiger partial charge in [-0.3, -0.25) is 0 Å². The molecule has 100 valence electrons. The summed E-state index contributed by atoms with van der Waals surface area (Å²) in [5.41, 5.74) is 1.81. The second kappa shape index (κ2) is 6.25. The third kappa shape index (κ3) is 3.71. The molecule has 0 fully saturated rings. The number of hydrogen-bond donors (Lipinski definition) is 1. The van der Waals surface area contributed by atoms with Crippen LogP contribution in [0.3, 0.4) is 0 Å². The van der Waals surface area contributed by atoms with E-state index in [1.54, 1.807) is 6.07 Å². The van der Waals surface area contributed by atoms with Gasteiger partial charge in [0.1, 0.15) is 5.82 Å². The van der Waals surface area contributed by atoms with Crippen LogP contribution in [-0.2, 0) is 0 Å². The molecule has 2 aromatic rings. The minimum absolute atomic E-state index is 0.0226. The van der Waals surface area contributed by atoms with Gasteiger partial charge in [-0.1, -0.05) is 33.6 Å². The molecule has 0 saturated heterocycles. The lowest BCUT2D eigenvalue weighted by Gasteiger charge is -2.18. The lowest BCUT2D eigenvalue weighted by Crippen LogP contribution is -2.07. The molecule has 0 heterocycles. The highest BCUT2D eigenvalue weighted by Crippen LogP contribution is 2.31. The Balaban J connectivity index is 2.23. The van der Waals surface area contributed by atoms with E-state index in [0.717, 1.165) is 20.2 Å². The van der Waals surface area contributed by atoms with E-state index in [-0.39, 0.29) is 11.9 Å². The Kier molecular flexibility index (Phi) is 4.87. The molecule has 0 saturated carbocycles. The van der Waals surface area contributed by atoms with E-state index in [9.17, 15) is 4.39 Å². The van der Waals surface area contributed by atoms with Crippen LogP contribution in [0, 0.1) is 5.82 Å². The van der Waals surface area contributed by atoms with Gasteiger partial charge in [-0.2, -0.15) is 0 Å². The predicted molar refractivity (Wildman–Crippen MR) is 85.3 cm³/mol. The number of anilines is 1. The normalized spacial score (nSPS) is 12.3. The van der Waals surface area contributed by atoms with Gasteiger partial charge in [0, 0.05) is 19.7 Å². The fraction of sp³-hybridized carbons (Fsp3) is 0.143. The maximum absolute atomic E-state index is 13.0. The summed E-state index contributed by atoms with van der Waals surface area (Å²) >= 11 is 13.0. The summed E-state index contributed by atoms with van der Waals surface area (Å²) in [5, 5.41) is 3.76. The third-order valence-electron chi connectivity index (χ3n) is 2.73.